The van der Waals surface area contributed by atoms with E-state index in [1.807, 2.05) is 6.07 Å². The molecule has 1 heterocycles. The van der Waals surface area contributed by atoms with Crippen LogP contribution in [0.2, 0.25) is 5.02 Å². The monoisotopic (exact) mass is 360 g/mol. The largest absolute Gasteiger partial charge is 0.485 e. The first kappa shape index (κ1) is 17.1. The Morgan fingerprint density at radius 2 is 1.84 bits per heavy atom. The average Bonchev–Trinajstić information content (AvgIpc) is 2.62. The normalized spacial score (nSPS) is 15.4. The molecule has 0 radical (unpaired) electrons. The molecule has 2 aromatic carbocycles. The Morgan fingerprint density at radius 3 is 2.60 bits per heavy atom. The smallest absolute Gasteiger partial charge is 0.267 e. The van der Waals surface area contributed by atoms with Gasteiger partial charge >= 0.3 is 0 Å². The first-order chi connectivity index (χ1) is 12.0. The van der Waals surface area contributed by atoms with E-state index in [0.29, 0.717) is 22.2 Å². The quantitative estimate of drug-likeness (QED) is 0.910. The zero-order chi connectivity index (χ0) is 17.8. The van der Waals surface area contributed by atoms with E-state index in [1.165, 1.54) is 4.90 Å². The summed E-state index contributed by atoms with van der Waals surface area (Å²) in [6, 6.07) is 14.0. The van der Waals surface area contributed by atoms with Crippen molar-refractivity contribution < 1.29 is 19.1 Å². The molecule has 7 heteroatoms. The second kappa shape index (κ2) is 7.44. The lowest BCUT2D eigenvalue weighted by molar-refractivity contribution is -0.141. The summed E-state index contributed by atoms with van der Waals surface area (Å²) in [6.45, 7) is -0.0160. The van der Waals surface area contributed by atoms with Gasteiger partial charge in [-0.05, 0) is 24.3 Å². The van der Waals surface area contributed by atoms with Crippen LogP contribution in [0, 0.1) is 0 Å². The molecular weight excluding hydrogens is 344 g/mol. The number of carbonyl (C=O) groups is 2. The first-order valence-electron chi connectivity index (χ1n) is 7.72. The van der Waals surface area contributed by atoms with Crippen LogP contribution in [0.4, 0.5) is 5.69 Å². The van der Waals surface area contributed by atoms with Crippen molar-refractivity contribution in [1.82, 2.24) is 4.90 Å². The maximum Gasteiger partial charge on any atom is 0.267 e. The van der Waals surface area contributed by atoms with E-state index in [9.17, 15) is 9.59 Å². The lowest BCUT2D eigenvalue weighted by Crippen LogP contribution is -2.47. The number of hydrogen-bond acceptors (Lipinski definition) is 4. The minimum absolute atomic E-state index is 0.103. The van der Waals surface area contributed by atoms with Gasteiger partial charge in [0.05, 0.1) is 17.3 Å². The van der Waals surface area contributed by atoms with E-state index in [-0.39, 0.29) is 25.0 Å². The Morgan fingerprint density at radius 1 is 1.16 bits per heavy atom. The Hall–Kier alpha value is -2.73. The van der Waals surface area contributed by atoms with Crippen LogP contribution < -0.4 is 14.8 Å². The molecule has 0 saturated carbocycles. The number of anilines is 1. The van der Waals surface area contributed by atoms with Gasteiger partial charge in [0.1, 0.15) is 6.61 Å². The van der Waals surface area contributed by atoms with Crippen LogP contribution in [0.1, 0.15) is 0 Å². The molecule has 1 aliphatic heterocycles. The summed E-state index contributed by atoms with van der Waals surface area (Å²) in [7, 11) is 1.54. The molecule has 0 spiro atoms. The molecule has 1 atom stereocenters. The molecule has 0 aromatic heterocycles. The highest BCUT2D eigenvalue weighted by molar-refractivity contribution is 6.33. The number of amides is 2. The van der Waals surface area contributed by atoms with Crippen molar-refractivity contribution >= 4 is 29.1 Å². The van der Waals surface area contributed by atoms with Crippen LogP contribution in [-0.2, 0) is 9.59 Å². The fourth-order valence-corrected chi connectivity index (χ4v) is 2.62. The van der Waals surface area contributed by atoms with Crippen LogP contribution in [0.5, 0.6) is 11.5 Å². The number of para-hydroxylation sites is 3. The third-order valence-corrected chi connectivity index (χ3v) is 4.02. The highest BCUT2D eigenvalue weighted by atomic mass is 35.5. The number of benzene rings is 2. The maximum absolute atomic E-state index is 12.5. The molecule has 2 amide bonds. The molecule has 130 valence electrons. The predicted molar refractivity (Wildman–Crippen MR) is 94.1 cm³/mol. The minimum atomic E-state index is -0.784. The number of carbonyl (C=O) groups excluding carboxylic acids is 2. The number of likely N-dealkylation sites (N-methyl/N-ethyl adjacent to an activating group) is 1. The molecule has 0 saturated heterocycles. The van der Waals surface area contributed by atoms with Gasteiger partial charge in [0.15, 0.2) is 11.5 Å². The van der Waals surface area contributed by atoms with Gasteiger partial charge in [0.25, 0.3) is 5.91 Å². The molecule has 25 heavy (non-hydrogen) atoms. The number of hydrogen-bond donors (Lipinski definition) is 1. The number of ether oxygens (including phenoxy) is 2. The Labute approximate surface area is 150 Å². The zero-order valence-corrected chi connectivity index (χ0v) is 14.3. The molecule has 6 nitrogen and oxygen atoms in total. The first-order valence-corrected chi connectivity index (χ1v) is 8.10. The van der Waals surface area contributed by atoms with Gasteiger partial charge in [-0.25, -0.2) is 0 Å². The Bertz CT molecular complexity index is 796. The summed E-state index contributed by atoms with van der Waals surface area (Å²) in [5.74, 6) is 0.441. The van der Waals surface area contributed by atoms with Gasteiger partial charge < -0.3 is 19.7 Å². The topological polar surface area (TPSA) is 67.9 Å². The Balaban J connectivity index is 1.58. The standard InChI is InChI=1S/C18H17ClN2O4/c1-21(10-17(22)20-13-7-3-2-6-12(13)19)18(23)16-11-24-14-8-4-5-9-15(14)25-16/h2-9,16H,10-11H2,1H3,(H,20,22)/t16-/m1/s1. The summed E-state index contributed by atoms with van der Waals surface area (Å²) in [5, 5.41) is 3.11. The predicted octanol–water partition coefficient (Wildman–Crippen LogP) is 2.58. The van der Waals surface area contributed by atoms with Crippen molar-refractivity contribution in [1.29, 1.82) is 0 Å². The van der Waals surface area contributed by atoms with Gasteiger partial charge in [-0.2, -0.15) is 0 Å². The minimum Gasteiger partial charge on any atom is -0.485 e. The molecule has 0 aliphatic carbocycles. The lowest BCUT2D eigenvalue weighted by atomic mass is 10.2. The second-order valence-corrected chi connectivity index (χ2v) is 5.99. The van der Waals surface area contributed by atoms with Crippen LogP contribution in [0.25, 0.3) is 0 Å². The van der Waals surface area contributed by atoms with Gasteiger partial charge in [-0.3, -0.25) is 9.59 Å². The molecular formula is C18H17ClN2O4. The average molecular weight is 361 g/mol. The lowest BCUT2D eigenvalue weighted by Gasteiger charge is -2.28. The van der Waals surface area contributed by atoms with Crippen LogP contribution in [-0.4, -0.2) is 43.0 Å². The van der Waals surface area contributed by atoms with Gasteiger partial charge in [0, 0.05) is 7.05 Å². The molecule has 0 fully saturated rings. The number of nitrogens with zero attached hydrogens (tertiary/aromatic N) is 1. The van der Waals surface area contributed by atoms with Crippen molar-refractivity contribution in [2.45, 2.75) is 6.10 Å². The zero-order valence-electron chi connectivity index (χ0n) is 13.6. The molecule has 2 aromatic rings. The SMILES string of the molecule is CN(CC(=O)Nc1ccccc1Cl)C(=O)[C@H]1COc2ccccc2O1. The number of halogens is 1. The summed E-state index contributed by atoms with van der Waals surface area (Å²) in [6.07, 6.45) is -0.784. The van der Waals surface area contributed by atoms with Crippen molar-refractivity contribution in [3.05, 3.63) is 53.6 Å². The van der Waals surface area contributed by atoms with E-state index < -0.39 is 6.10 Å². The number of fused-ring (bicyclic) bond motifs is 1. The van der Waals surface area contributed by atoms with E-state index in [1.54, 1.807) is 49.5 Å². The van der Waals surface area contributed by atoms with Crippen LogP contribution in [0.3, 0.4) is 0 Å². The maximum atomic E-state index is 12.5. The van der Waals surface area contributed by atoms with E-state index in [4.69, 9.17) is 21.1 Å². The van der Waals surface area contributed by atoms with E-state index in [2.05, 4.69) is 5.32 Å². The molecule has 3 rings (SSSR count). The molecule has 0 bridgehead atoms. The van der Waals surface area contributed by atoms with Crippen LogP contribution in [0.15, 0.2) is 48.5 Å². The van der Waals surface area contributed by atoms with Gasteiger partial charge in [-0.15, -0.1) is 0 Å². The van der Waals surface area contributed by atoms with Crippen molar-refractivity contribution in [2.75, 3.05) is 25.5 Å². The van der Waals surface area contributed by atoms with E-state index in [0.717, 1.165) is 0 Å². The van der Waals surface area contributed by atoms with Gasteiger partial charge in [0.2, 0.25) is 12.0 Å². The van der Waals surface area contributed by atoms with Crippen molar-refractivity contribution in [2.24, 2.45) is 0 Å². The van der Waals surface area contributed by atoms with Crippen LogP contribution >= 0.6 is 11.6 Å². The molecule has 1 N–H and O–H groups in total. The highest BCUT2D eigenvalue weighted by Crippen LogP contribution is 2.31. The summed E-state index contributed by atoms with van der Waals surface area (Å²) in [5.41, 5.74) is 0.501. The summed E-state index contributed by atoms with van der Waals surface area (Å²) >= 11 is 6.01. The van der Waals surface area contributed by atoms with Gasteiger partial charge in [-0.1, -0.05) is 35.9 Å². The second-order valence-electron chi connectivity index (χ2n) is 5.59. The fraction of sp³-hybridized carbons (Fsp3) is 0.222. The van der Waals surface area contributed by atoms with Crippen molar-refractivity contribution in [3.63, 3.8) is 0 Å². The third kappa shape index (κ3) is 4.03. The number of nitrogens with one attached hydrogen (secondary N) is 1. The Kier molecular flexibility index (Phi) is 5.09. The highest BCUT2D eigenvalue weighted by Gasteiger charge is 2.30. The fourth-order valence-electron chi connectivity index (χ4n) is 2.43. The summed E-state index contributed by atoms with van der Waals surface area (Å²) in [4.78, 5) is 25.9. The molecule has 1 aliphatic rings. The number of rotatable bonds is 4. The summed E-state index contributed by atoms with van der Waals surface area (Å²) < 4.78 is 11.2. The third-order valence-electron chi connectivity index (χ3n) is 3.69. The molecule has 0 unspecified atom stereocenters. The van der Waals surface area contributed by atoms with Crippen molar-refractivity contribution in [3.8, 4) is 11.5 Å². The van der Waals surface area contributed by atoms with E-state index >= 15 is 0 Å².